The number of carbonyl (C=O) groups excluding carboxylic acids is 3. The van der Waals surface area contributed by atoms with Gasteiger partial charge in [0.1, 0.15) is 12.1 Å². The molecule has 1 saturated heterocycles. The van der Waals surface area contributed by atoms with Crippen LogP contribution in [0.15, 0.2) is 0 Å². The first-order chi connectivity index (χ1) is 7.84. The predicted molar refractivity (Wildman–Crippen MR) is 63.0 cm³/mol. The second-order valence-corrected chi connectivity index (χ2v) is 4.87. The van der Waals surface area contributed by atoms with Crippen molar-refractivity contribution in [3.63, 3.8) is 0 Å². The first kappa shape index (κ1) is 13.7. The largest absolute Gasteiger partial charge is 0.319 e. The van der Waals surface area contributed by atoms with E-state index in [1.54, 1.807) is 13.8 Å². The highest BCUT2D eigenvalue weighted by Gasteiger charge is 2.44. The van der Waals surface area contributed by atoms with Gasteiger partial charge in [-0.3, -0.25) is 19.7 Å². The van der Waals surface area contributed by atoms with Crippen molar-refractivity contribution >= 4 is 17.7 Å². The van der Waals surface area contributed by atoms with Crippen LogP contribution in [0.1, 0.15) is 40.5 Å². The molecule has 5 heteroatoms. The van der Waals surface area contributed by atoms with E-state index in [2.05, 4.69) is 5.32 Å². The molecular formula is C12H20N2O3. The maximum Gasteiger partial charge on any atom is 0.252 e. The Morgan fingerprint density at radius 3 is 2.35 bits per heavy atom. The molecule has 1 rings (SSSR count). The smallest absolute Gasteiger partial charge is 0.252 e. The molecule has 3 amide bonds. The summed E-state index contributed by atoms with van der Waals surface area (Å²) in [7, 11) is 0. The zero-order chi connectivity index (χ0) is 13.2. The van der Waals surface area contributed by atoms with E-state index in [4.69, 9.17) is 0 Å². The Balaban J connectivity index is 2.97. The Morgan fingerprint density at radius 2 is 1.88 bits per heavy atom. The number of hydrogen-bond donors (Lipinski definition) is 1. The van der Waals surface area contributed by atoms with E-state index in [1.807, 2.05) is 13.8 Å². The van der Waals surface area contributed by atoms with Gasteiger partial charge >= 0.3 is 0 Å². The number of carbonyl (C=O) groups is 3. The molecule has 1 aliphatic rings. The minimum atomic E-state index is -0.951. The third-order valence-electron chi connectivity index (χ3n) is 3.39. The van der Waals surface area contributed by atoms with Crippen LogP contribution in [0.25, 0.3) is 0 Å². The van der Waals surface area contributed by atoms with Crippen molar-refractivity contribution in [2.24, 2.45) is 5.92 Å². The summed E-state index contributed by atoms with van der Waals surface area (Å²) in [6.45, 7) is 7.16. The third-order valence-corrected chi connectivity index (χ3v) is 3.39. The molecule has 0 aliphatic carbocycles. The number of rotatable bonds is 3. The molecule has 0 saturated carbocycles. The van der Waals surface area contributed by atoms with Gasteiger partial charge in [-0.1, -0.05) is 13.8 Å². The van der Waals surface area contributed by atoms with Gasteiger partial charge in [-0.2, -0.15) is 0 Å². The molecule has 0 unspecified atom stereocenters. The quantitative estimate of drug-likeness (QED) is 0.738. The van der Waals surface area contributed by atoms with E-state index in [1.165, 1.54) is 4.90 Å². The summed E-state index contributed by atoms with van der Waals surface area (Å²) in [6.07, 6.45) is 1.44. The fourth-order valence-corrected chi connectivity index (χ4v) is 1.99. The molecule has 1 heterocycles. The van der Waals surface area contributed by atoms with E-state index in [-0.39, 0.29) is 18.4 Å². The molecule has 0 atom stereocenters. The molecule has 0 bridgehead atoms. The molecular weight excluding hydrogens is 220 g/mol. The fourth-order valence-electron chi connectivity index (χ4n) is 1.99. The topological polar surface area (TPSA) is 66.5 Å². The molecule has 0 radical (unpaired) electrons. The summed E-state index contributed by atoms with van der Waals surface area (Å²) in [4.78, 5) is 36.7. The summed E-state index contributed by atoms with van der Waals surface area (Å²) in [5.74, 6) is -1.04. The maximum absolute atomic E-state index is 12.3. The standard InChI is InChI=1S/C12H20N2O3/c1-5-8(6-2)10(16)14-7-9(15)13-11(17)12(14,3)4/h8H,5-7H2,1-4H3,(H,13,15,17). The lowest BCUT2D eigenvalue weighted by Gasteiger charge is -2.41. The summed E-state index contributed by atoms with van der Waals surface area (Å²) in [5, 5.41) is 2.26. The minimum absolute atomic E-state index is 0.0337. The van der Waals surface area contributed by atoms with Crippen molar-refractivity contribution in [3.05, 3.63) is 0 Å². The average molecular weight is 240 g/mol. The molecule has 0 aromatic heterocycles. The Morgan fingerprint density at radius 1 is 1.35 bits per heavy atom. The Labute approximate surface area is 102 Å². The first-order valence-corrected chi connectivity index (χ1v) is 6.00. The molecule has 5 nitrogen and oxygen atoms in total. The predicted octanol–water partition coefficient (Wildman–Crippen LogP) is 0.686. The van der Waals surface area contributed by atoms with Gasteiger partial charge in [0.25, 0.3) is 5.91 Å². The summed E-state index contributed by atoms with van der Waals surface area (Å²) >= 11 is 0. The van der Waals surface area contributed by atoms with Crippen LogP contribution in [-0.2, 0) is 14.4 Å². The normalized spacial score (nSPS) is 19.5. The Kier molecular flexibility index (Phi) is 3.91. The van der Waals surface area contributed by atoms with Gasteiger partial charge in [-0.25, -0.2) is 0 Å². The first-order valence-electron chi connectivity index (χ1n) is 6.00. The van der Waals surface area contributed by atoms with Crippen LogP contribution in [0.5, 0.6) is 0 Å². The summed E-state index contributed by atoms with van der Waals surface area (Å²) < 4.78 is 0. The Bertz CT molecular complexity index is 346. The second kappa shape index (κ2) is 4.85. The van der Waals surface area contributed by atoms with Crippen LogP contribution < -0.4 is 5.32 Å². The maximum atomic E-state index is 12.3. The lowest BCUT2D eigenvalue weighted by Crippen LogP contribution is -2.66. The van der Waals surface area contributed by atoms with Crippen molar-refractivity contribution in [1.29, 1.82) is 0 Å². The Hall–Kier alpha value is -1.39. The SMILES string of the molecule is CCC(CC)C(=O)N1CC(=O)NC(=O)C1(C)C. The lowest BCUT2D eigenvalue weighted by atomic mass is 9.94. The number of imide groups is 1. The average Bonchev–Trinajstić information content (AvgIpc) is 2.25. The van der Waals surface area contributed by atoms with Gasteiger partial charge in [-0.05, 0) is 26.7 Å². The molecule has 1 aliphatic heterocycles. The van der Waals surface area contributed by atoms with Crippen LogP contribution in [0.2, 0.25) is 0 Å². The second-order valence-electron chi connectivity index (χ2n) is 4.87. The monoisotopic (exact) mass is 240 g/mol. The van der Waals surface area contributed by atoms with E-state index in [0.717, 1.165) is 12.8 Å². The minimum Gasteiger partial charge on any atom is -0.319 e. The van der Waals surface area contributed by atoms with Crippen LogP contribution in [0.4, 0.5) is 0 Å². The highest BCUT2D eigenvalue weighted by Crippen LogP contribution is 2.23. The van der Waals surface area contributed by atoms with Crippen molar-refractivity contribution in [2.75, 3.05) is 6.54 Å². The van der Waals surface area contributed by atoms with E-state index >= 15 is 0 Å². The number of hydrogen-bond acceptors (Lipinski definition) is 3. The number of amides is 3. The van der Waals surface area contributed by atoms with Gasteiger partial charge in [0.15, 0.2) is 0 Å². The molecule has 0 aromatic rings. The fraction of sp³-hybridized carbons (Fsp3) is 0.750. The van der Waals surface area contributed by atoms with E-state index in [9.17, 15) is 14.4 Å². The van der Waals surface area contributed by atoms with Crippen molar-refractivity contribution in [2.45, 2.75) is 46.1 Å². The van der Waals surface area contributed by atoms with Gasteiger partial charge in [-0.15, -0.1) is 0 Å². The molecule has 0 spiro atoms. The van der Waals surface area contributed by atoms with Crippen molar-refractivity contribution in [1.82, 2.24) is 10.2 Å². The molecule has 1 fully saturated rings. The number of nitrogens with zero attached hydrogens (tertiary/aromatic N) is 1. The third kappa shape index (κ3) is 2.48. The van der Waals surface area contributed by atoms with Crippen LogP contribution in [0.3, 0.4) is 0 Å². The molecule has 17 heavy (non-hydrogen) atoms. The lowest BCUT2D eigenvalue weighted by molar-refractivity contribution is -0.157. The van der Waals surface area contributed by atoms with Gasteiger partial charge in [0.05, 0.1) is 0 Å². The van der Waals surface area contributed by atoms with E-state index < -0.39 is 17.4 Å². The van der Waals surface area contributed by atoms with Crippen LogP contribution in [0, 0.1) is 5.92 Å². The van der Waals surface area contributed by atoms with Crippen molar-refractivity contribution in [3.8, 4) is 0 Å². The van der Waals surface area contributed by atoms with E-state index in [0.29, 0.717) is 0 Å². The zero-order valence-corrected chi connectivity index (χ0v) is 10.9. The van der Waals surface area contributed by atoms with Crippen LogP contribution >= 0.6 is 0 Å². The number of nitrogens with one attached hydrogen (secondary N) is 1. The highest BCUT2D eigenvalue weighted by molar-refractivity contribution is 6.06. The van der Waals surface area contributed by atoms with Crippen molar-refractivity contribution < 1.29 is 14.4 Å². The summed E-state index contributed by atoms with van der Waals surface area (Å²) in [6, 6.07) is 0. The van der Waals surface area contributed by atoms with Gasteiger partial charge < -0.3 is 4.90 Å². The van der Waals surface area contributed by atoms with Crippen LogP contribution in [-0.4, -0.2) is 34.7 Å². The number of piperazine rings is 1. The molecule has 0 aromatic carbocycles. The van der Waals surface area contributed by atoms with Gasteiger partial charge in [0, 0.05) is 5.92 Å². The summed E-state index contributed by atoms with van der Waals surface area (Å²) in [5.41, 5.74) is -0.951. The zero-order valence-electron chi connectivity index (χ0n) is 10.9. The molecule has 1 N–H and O–H groups in total. The highest BCUT2D eigenvalue weighted by atomic mass is 16.2. The molecule has 96 valence electrons. The van der Waals surface area contributed by atoms with Gasteiger partial charge in [0.2, 0.25) is 11.8 Å².